The van der Waals surface area contributed by atoms with Gasteiger partial charge in [0.25, 0.3) is 0 Å². The quantitative estimate of drug-likeness (QED) is 0.773. The van der Waals surface area contributed by atoms with Crippen LogP contribution in [-0.4, -0.2) is 51.9 Å². The molecule has 25 heavy (non-hydrogen) atoms. The van der Waals surface area contributed by atoms with Gasteiger partial charge in [0.05, 0.1) is 6.61 Å². The van der Waals surface area contributed by atoms with Crippen LogP contribution in [0.4, 0.5) is 0 Å². The van der Waals surface area contributed by atoms with Gasteiger partial charge in [-0.1, -0.05) is 0 Å². The molecule has 6 heteroatoms. The minimum absolute atomic E-state index is 0.118. The van der Waals surface area contributed by atoms with Gasteiger partial charge in [0.15, 0.2) is 0 Å². The van der Waals surface area contributed by atoms with Crippen molar-refractivity contribution in [1.82, 2.24) is 19.7 Å². The van der Waals surface area contributed by atoms with E-state index in [1.165, 1.54) is 18.4 Å². The van der Waals surface area contributed by atoms with Crippen LogP contribution >= 0.6 is 0 Å². The topological polar surface area (TPSA) is 60.2 Å². The predicted molar refractivity (Wildman–Crippen MR) is 92.8 cm³/mol. The molecule has 1 saturated heterocycles. The lowest BCUT2D eigenvalue weighted by Crippen LogP contribution is -2.32. The van der Waals surface area contributed by atoms with Crippen molar-refractivity contribution in [2.45, 2.75) is 25.3 Å². The fraction of sp³-hybridized carbons (Fsp3) is 0.526. The maximum Gasteiger partial charge on any atom is 0.244 e. The summed E-state index contributed by atoms with van der Waals surface area (Å²) in [5.41, 5.74) is 1.24. The number of amides is 1. The molecule has 6 nitrogen and oxygen atoms in total. The van der Waals surface area contributed by atoms with Crippen molar-refractivity contribution in [2.75, 3.05) is 26.3 Å². The zero-order valence-electron chi connectivity index (χ0n) is 14.3. The van der Waals surface area contributed by atoms with Crippen molar-refractivity contribution in [1.29, 1.82) is 0 Å². The molecule has 0 N–H and O–H groups in total. The Balaban J connectivity index is 1.42. The Labute approximate surface area is 147 Å². The van der Waals surface area contributed by atoms with Crippen LogP contribution in [0.2, 0.25) is 0 Å². The van der Waals surface area contributed by atoms with Gasteiger partial charge in [-0.05, 0) is 42.5 Å². The molecule has 0 radical (unpaired) electrons. The highest BCUT2D eigenvalue weighted by atomic mass is 16.5. The molecule has 0 spiro atoms. The van der Waals surface area contributed by atoms with Gasteiger partial charge in [-0.15, -0.1) is 0 Å². The maximum atomic E-state index is 12.6. The van der Waals surface area contributed by atoms with Gasteiger partial charge in [0.2, 0.25) is 5.91 Å². The Morgan fingerprint density at radius 1 is 1.16 bits per heavy atom. The van der Waals surface area contributed by atoms with E-state index in [2.05, 4.69) is 22.2 Å². The average Bonchev–Trinajstić information content (AvgIpc) is 3.14. The molecule has 0 bridgehead atoms. The molecule has 1 aliphatic carbocycles. The van der Waals surface area contributed by atoms with E-state index in [4.69, 9.17) is 4.74 Å². The summed E-state index contributed by atoms with van der Waals surface area (Å²) in [6.07, 6.45) is 9.77. The summed E-state index contributed by atoms with van der Waals surface area (Å²) in [5.74, 6) is 1.53. The molecule has 0 unspecified atom stereocenters. The zero-order chi connectivity index (χ0) is 17.1. The van der Waals surface area contributed by atoms with Crippen LogP contribution in [0.1, 0.15) is 24.3 Å². The third-order valence-electron chi connectivity index (χ3n) is 5.17. The van der Waals surface area contributed by atoms with Crippen LogP contribution in [0, 0.1) is 11.8 Å². The maximum absolute atomic E-state index is 12.6. The second-order valence-electron chi connectivity index (χ2n) is 7.13. The Kier molecular flexibility index (Phi) is 4.78. The minimum Gasteiger partial charge on any atom is -0.381 e. The van der Waals surface area contributed by atoms with Gasteiger partial charge < -0.3 is 9.64 Å². The van der Waals surface area contributed by atoms with Crippen LogP contribution in [0.5, 0.6) is 0 Å². The molecule has 1 aliphatic heterocycles. The lowest BCUT2D eigenvalue weighted by molar-refractivity contribution is -0.131. The van der Waals surface area contributed by atoms with E-state index in [9.17, 15) is 4.79 Å². The summed E-state index contributed by atoms with van der Waals surface area (Å²) in [6.45, 7) is 3.36. The minimum atomic E-state index is 0.118. The van der Waals surface area contributed by atoms with Crippen molar-refractivity contribution in [3.63, 3.8) is 0 Å². The van der Waals surface area contributed by atoms with Crippen LogP contribution in [-0.2, 0) is 16.1 Å². The summed E-state index contributed by atoms with van der Waals surface area (Å²) in [4.78, 5) is 18.7. The summed E-state index contributed by atoms with van der Waals surface area (Å²) >= 11 is 0. The van der Waals surface area contributed by atoms with Gasteiger partial charge >= 0.3 is 0 Å². The lowest BCUT2D eigenvalue weighted by Gasteiger charge is -2.18. The van der Waals surface area contributed by atoms with Gasteiger partial charge in [0.1, 0.15) is 6.54 Å². The monoisotopic (exact) mass is 340 g/mol. The van der Waals surface area contributed by atoms with E-state index in [0.717, 1.165) is 32.2 Å². The first-order valence-electron chi connectivity index (χ1n) is 9.02. The largest absolute Gasteiger partial charge is 0.381 e. The number of likely N-dealkylation sites (tertiary alicyclic amines) is 1. The first-order valence-corrected chi connectivity index (χ1v) is 9.02. The Morgan fingerprint density at radius 2 is 2.00 bits per heavy atom. The van der Waals surface area contributed by atoms with Gasteiger partial charge in [-0.3, -0.25) is 14.5 Å². The summed E-state index contributed by atoms with van der Waals surface area (Å²) in [5, 5.41) is 4.14. The zero-order valence-corrected chi connectivity index (χ0v) is 14.3. The molecule has 2 fully saturated rings. The first kappa shape index (κ1) is 16.3. The average molecular weight is 340 g/mol. The molecule has 3 heterocycles. The molecular weight excluding hydrogens is 316 g/mol. The molecule has 2 aromatic heterocycles. The van der Waals surface area contributed by atoms with Gasteiger partial charge in [0, 0.05) is 56.3 Å². The van der Waals surface area contributed by atoms with Crippen molar-refractivity contribution in [2.24, 2.45) is 11.8 Å². The normalized spacial score (nSPS) is 23.1. The van der Waals surface area contributed by atoms with E-state index >= 15 is 0 Å². The second kappa shape index (κ2) is 7.35. The van der Waals surface area contributed by atoms with Crippen LogP contribution in [0.15, 0.2) is 43.0 Å². The number of aromatic nitrogens is 3. The van der Waals surface area contributed by atoms with Crippen molar-refractivity contribution in [3.8, 4) is 0 Å². The third kappa shape index (κ3) is 4.07. The lowest BCUT2D eigenvalue weighted by atomic mass is 9.90. The molecule has 1 amide bonds. The predicted octanol–water partition coefficient (Wildman–Crippen LogP) is 1.95. The Hall–Kier alpha value is -2.21. The number of carbonyl (C=O) groups excluding carboxylic acids is 1. The molecule has 2 aromatic rings. The Morgan fingerprint density at radius 3 is 2.72 bits per heavy atom. The van der Waals surface area contributed by atoms with Crippen molar-refractivity contribution in [3.05, 3.63) is 48.5 Å². The molecule has 132 valence electrons. The molecular formula is C19H24N4O2. The van der Waals surface area contributed by atoms with E-state index in [1.54, 1.807) is 10.9 Å². The number of hydrogen-bond donors (Lipinski definition) is 0. The van der Waals surface area contributed by atoms with Crippen molar-refractivity contribution >= 4 is 5.91 Å². The highest BCUT2D eigenvalue weighted by Crippen LogP contribution is 2.34. The number of carbonyl (C=O) groups is 1. The van der Waals surface area contributed by atoms with Crippen LogP contribution in [0.25, 0.3) is 0 Å². The number of hydrogen-bond acceptors (Lipinski definition) is 4. The fourth-order valence-corrected chi connectivity index (χ4v) is 3.54. The SMILES string of the molecule is O=C(Cn1cccn1)N1C[C@@H](COCC2CC2)[C@H](c2ccncc2)C1. The molecule has 2 atom stereocenters. The highest BCUT2D eigenvalue weighted by Gasteiger charge is 2.36. The molecule has 1 saturated carbocycles. The summed E-state index contributed by atoms with van der Waals surface area (Å²) < 4.78 is 7.64. The van der Waals surface area contributed by atoms with Crippen LogP contribution in [0.3, 0.4) is 0 Å². The van der Waals surface area contributed by atoms with Crippen LogP contribution < -0.4 is 0 Å². The van der Waals surface area contributed by atoms with E-state index in [0.29, 0.717) is 18.4 Å². The van der Waals surface area contributed by atoms with Gasteiger partial charge in [-0.25, -0.2) is 0 Å². The van der Waals surface area contributed by atoms with Crippen molar-refractivity contribution < 1.29 is 9.53 Å². The van der Waals surface area contributed by atoms with E-state index < -0.39 is 0 Å². The molecule has 4 rings (SSSR count). The first-order chi connectivity index (χ1) is 12.3. The Bertz CT molecular complexity index is 685. The van der Waals surface area contributed by atoms with Gasteiger partial charge in [-0.2, -0.15) is 5.10 Å². The molecule has 0 aromatic carbocycles. The highest BCUT2D eigenvalue weighted by molar-refractivity contribution is 5.76. The fourth-order valence-electron chi connectivity index (χ4n) is 3.54. The third-order valence-corrected chi connectivity index (χ3v) is 5.17. The number of rotatable bonds is 7. The number of pyridine rings is 1. The van der Waals surface area contributed by atoms with E-state index in [1.807, 2.05) is 29.6 Å². The van der Waals surface area contributed by atoms with E-state index in [-0.39, 0.29) is 5.91 Å². The number of ether oxygens (including phenoxy) is 1. The number of nitrogens with zero attached hydrogens (tertiary/aromatic N) is 4. The summed E-state index contributed by atoms with van der Waals surface area (Å²) in [6, 6.07) is 5.95. The second-order valence-corrected chi connectivity index (χ2v) is 7.13. The summed E-state index contributed by atoms with van der Waals surface area (Å²) in [7, 11) is 0. The smallest absolute Gasteiger partial charge is 0.244 e. The molecule has 2 aliphatic rings. The standard InChI is InChI=1S/C19H24N4O2/c24-19(12-23-9-1-6-21-23)22-10-17(14-25-13-15-2-3-15)18(11-22)16-4-7-20-8-5-16/h1,4-9,15,17-18H,2-3,10-14H2/t17-,18-/m0/s1.